The molecule has 1 aliphatic carbocycles. The molecule has 0 radical (unpaired) electrons. The topological polar surface area (TPSA) is 32.3 Å². The second-order valence-electron chi connectivity index (χ2n) is 5.89. The van der Waals surface area contributed by atoms with Gasteiger partial charge in [0.2, 0.25) is 0 Å². The van der Waals surface area contributed by atoms with E-state index in [-0.39, 0.29) is 12.6 Å². The fourth-order valence-corrected chi connectivity index (χ4v) is 3.00. The van der Waals surface area contributed by atoms with E-state index in [1.807, 2.05) is 0 Å². The van der Waals surface area contributed by atoms with Gasteiger partial charge in [-0.25, -0.2) is 0 Å². The monoisotopic (exact) mass is 227 g/mol. The molecule has 1 saturated carbocycles. The molecule has 0 amide bonds. The third kappa shape index (κ3) is 3.74. The second kappa shape index (κ2) is 6.61. The van der Waals surface area contributed by atoms with Gasteiger partial charge in [-0.2, -0.15) is 0 Å². The maximum atomic E-state index is 9.28. The van der Waals surface area contributed by atoms with Crippen molar-refractivity contribution >= 4 is 0 Å². The van der Waals surface area contributed by atoms with E-state index in [4.69, 9.17) is 0 Å². The first-order valence-electron chi connectivity index (χ1n) is 6.95. The van der Waals surface area contributed by atoms with Gasteiger partial charge in [-0.15, -0.1) is 0 Å². The summed E-state index contributed by atoms with van der Waals surface area (Å²) in [6.45, 7) is 9.42. The largest absolute Gasteiger partial charge is 0.395 e. The molecule has 4 atom stereocenters. The maximum absolute atomic E-state index is 9.28. The average Bonchev–Trinajstić information content (AvgIpc) is 2.25. The number of nitrogens with one attached hydrogen (secondary N) is 1. The summed E-state index contributed by atoms with van der Waals surface area (Å²) in [7, 11) is 0. The van der Waals surface area contributed by atoms with Gasteiger partial charge in [0.15, 0.2) is 0 Å². The lowest BCUT2D eigenvalue weighted by atomic mass is 9.74. The standard InChI is InChI=1S/C14H29NO/c1-5-12(9-16)15-14-8-11(4)6-7-13(14)10(2)3/h10-16H,5-9H2,1-4H3/t11-,12-,13+,14+/m0/s1. The lowest BCUT2D eigenvalue weighted by molar-refractivity contribution is 0.138. The summed E-state index contributed by atoms with van der Waals surface area (Å²) < 4.78 is 0. The van der Waals surface area contributed by atoms with Gasteiger partial charge in [-0.05, 0) is 37.0 Å². The Labute approximate surface area is 101 Å². The zero-order chi connectivity index (χ0) is 12.1. The molecular weight excluding hydrogens is 198 g/mol. The molecule has 2 heteroatoms. The van der Waals surface area contributed by atoms with Crippen LogP contribution in [0.3, 0.4) is 0 Å². The summed E-state index contributed by atoms with van der Waals surface area (Å²) in [6.07, 6.45) is 5.01. The molecule has 0 aliphatic heterocycles. The van der Waals surface area contributed by atoms with Crippen LogP contribution in [0.4, 0.5) is 0 Å². The number of hydrogen-bond acceptors (Lipinski definition) is 2. The molecular formula is C14H29NO. The van der Waals surface area contributed by atoms with Crippen LogP contribution in [0.2, 0.25) is 0 Å². The molecule has 0 aromatic rings. The molecule has 1 rings (SSSR count). The predicted octanol–water partition coefficient (Wildman–Crippen LogP) is 2.81. The van der Waals surface area contributed by atoms with Crippen molar-refractivity contribution in [3.05, 3.63) is 0 Å². The minimum Gasteiger partial charge on any atom is -0.395 e. The summed E-state index contributed by atoms with van der Waals surface area (Å²) in [5, 5.41) is 13.0. The molecule has 2 N–H and O–H groups in total. The Morgan fingerprint density at radius 2 is 2.00 bits per heavy atom. The van der Waals surface area contributed by atoms with Gasteiger partial charge in [-0.1, -0.05) is 34.1 Å². The zero-order valence-electron chi connectivity index (χ0n) is 11.4. The Morgan fingerprint density at radius 3 is 2.50 bits per heavy atom. The highest BCUT2D eigenvalue weighted by atomic mass is 16.3. The summed E-state index contributed by atoms with van der Waals surface area (Å²) in [6, 6.07) is 0.900. The van der Waals surface area contributed by atoms with E-state index in [0.29, 0.717) is 6.04 Å². The van der Waals surface area contributed by atoms with E-state index >= 15 is 0 Å². The van der Waals surface area contributed by atoms with Crippen LogP contribution < -0.4 is 5.32 Å². The van der Waals surface area contributed by atoms with Gasteiger partial charge in [0, 0.05) is 12.1 Å². The number of aliphatic hydroxyl groups excluding tert-OH is 1. The van der Waals surface area contributed by atoms with Crippen LogP contribution in [-0.2, 0) is 0 Å². The third-order valence-electron chi connectivity index (χ3n) is 4.19. The fourth-order valence-electron chi connectivity index (χ4n) is 3.00. The van der Waals surface area contributed by atoms with Crippen molar-refractivity contribution in [2.75, 3.05) is 6.61 Å². The first-order chi connectivity index (χ1) is 7.58. The van der Waals surface area contributed by atoms with Gasteiger partial charge in [0.1, 0.15) is 0 Å². The Hall–Kier alpha value is -0.0800. The highest BCUT2D eigenvalue weighted by molar-refractivity contribution is 4.87. The summed E-state index contributed by atoms with van der Waals surface area (Å²) in [5.74, 6) is 2.38. The molecule has 0 aromatic heterocycles. The number of rotatable bonds is 5. The first-order valence-corrected chi connectivity index (χ1v) is 6.95. The lowest BCUT2D eigenvalue weighted by Gasteiger charge is -2.39. The normalized spacial score (nSPS) is 33.0. The van der Waals surface area contributed by atoms with Crippen molar-refractivity contribution in [1.29, 1.82) is 0 Å². The number of aliphatic hydroxyl groups is 1. The van der Waals surface area contributed by atoms with Gasteiger partial charge in [-0.3, -0.25) is 0 Å². The molecule has 1 aliphatic rings. The Balaban J connectivity index is 2.56. The van der Waals surface area contributed by atoms with E-state index in [1.54, 1.807) is 0 Å². The molecule has 0 bridgehead atoms. The quantitative estimate of drug-likeness (QED) is 0.757. The van der Waals surface area contributed by atoms with Crippen molar-refractivity contribution in [2.45, 2.75) is 65.5 Å². The Kier molecular flexibility index (Phi) is 5.77. The van der Waals surface area contributed by atoms with Gasteiger partial charge < -0.3 is 10.4 Å². The first kappa shape index (κ1) is 14.0. The zero-order valence-corrected chi connectivity index (χ0v) is 11.4. The highest BCUT2D eigenvalue weighted by Crippen LogP contribution is 2.33. The molecule has 96 valence electrons. The maximum Gasteiger partial charge on any atom is 0.0584 e. The van der Waals surface area contributed by atoms with Crippen LogP contribution in [0.5, 0.6) is 0 Å². The molecule has 16 heavy (non-hydrogen) atoms. The van der Waals surface area contributed by atoms with Crippen molar-refractivity contribution in [1.82, 2.24) is 5.32 Å². The minimum absolute atomic E-state index is 0.270. The van der Waals surface area contributed by atoms with Crippen molar-refractivity contribution in [3.8, 4) is 0 Å². The highest BCUT2D eigenvalue weighted by Gasteiger charge is 2.31. The summed E-state index contributed by atoms with van der Waals surface area (Å²) in [4.78, 5) is 0. The van der Waals surface area contributed by atoms with Gasteiger partial charge >= 0.3 is 0 Å². The van der Waals surface area contributed by atoms with Crippen LogP contribution in [-0.4, -0.2) is 23.8 Å². The minimum atomic E-state index is 0.270. The van der Waals surface area contributed by atoms with Crippen molar-refractivity contribution < 1.29 is 5.11 Å². The van der Waals surface area contributed by atoms with Crippen LogP contribution in [0, 0.1) is 17.8 Å². The van der Waals surface area contributed by atoms with E-state index in [1.165, 1.54) is 19.3 Å². The molecule has 0 aromatic carbocycles. The molecule has 0 saturated heterocycles. The summed E-state index contributed by atoms with van der Waals surface area (Å²) in [5.41, 5.74) is 0. The molecule has 0 spiro atoms. The molecule has 1 fully saturated rings. The van der Waals surface area contributed by atoms with Crippen LogP contribution >= 0.6 is 0 Å². The smallest absolute Gasteiger partial charge is 0.0584 e. The Bertz CT molecular complexity index is 189. The fraction of sp³-hybridized carbons (Fsp3) is 1.00. The van der Waals surface area contributed by atoms with E-state index < -0.39 is 0 Å². The van der Waals surface area contributed by atoms with Crippen molar-refractivity contribution in [3.63, 3.8) is 0 Å². The van der Waals surface area contributed by atoms with Crippen LogP contribution in [0.25, 0.3) is 0 Å². The van der Waals surface area contributed by atoms with Crippen molar-refractivity contribution in [2.24, 2.45) is 17.8 Å². The summed E-state index contributed by atoms with van der Waals surface area (Å²) >= 11 is 0. The van der Waals surface area contributed by atoms with E-state index in [2.05, 4.69) is 33.0 Å². The lowest BCUT2D eigenvalue weighted by Crippen LogP contribution is -2.48. The molecule has 0 unspecified atom stereocenters. The Morgan fingerprint density at radius 1 is 1.31 bits per heavy atom. The third-order valence-corrected chi connectivity index (χ3v) is 4.19. The van der Waals surface area contributed by atoms with E-state index in [9.17, 15) is 5.11 Å². The van der Waals surface area contributed by atoms with E-state index in [0.717, 1.165) is 24.2 Å². The van der Waals surface area contributed by atoms with Gasteiger partial charge in [0.25, 0.3) is 0 Å². The second-order valence-corrected chi connectivity index (χ2v) is 5.89. The average molecular weight is 227 g/mol. The van der Waals surface area contributed by atoms with Crippen LogP contribution in [0.15, 0.2) is 0 Å². The SMILES string of the molecule is CC[C@@H](CO)N[C@@H]1C[C@@H](C)CC[C@@H]1C(C)C. The van der Waals surface area contributed by atoms with Crippen LogP contribution in [0.1, 0.15) is 53.4 Å². The molecule has 0 heterocycles. The predicted molar refractivity (Wildman–Crippen MR) is 69.4 cm³/mol. The van der Waals surface area contributed by atoms with Gasteiger partial charge in [0.05, 0.1) is 6.61 Å². The number of hydrogen-bond donors (Lipinski definition) is 2. The molecule has 2 nitrogen and oxygen atoms in total.